The van der Waals surface area contributed by atoms with Gasteiger partial charge in [0.05, 0.1) is 19.8 Å². The van der Waals surface area contributed by atoms with E-state index in [0.29, 0.717) is 24.6 Å². The summed E-state index contributed by atoms with van der Waals surface area (Å²) in [4.78, 5) is 1.74. The van der Waals surface area contributed by atoms with Crippen LogP contribution in [0.25, 0.3) is 0 Å². The summed E-state index contributed by atoms with van der Waals surface area (Å²) >= 11 is 0. The number of alkyl halides is 3. The van der Waals surface area contributed by atoms with Crippen LogP contribution < -0.4 is 9.47 Å². The molecule has 0 saturated carbocycles. The van der Waals surface area contributed by atoms with Crippen LogP contribution in [0.4, 0.5) is 13.2 Å². The molecule has 1 aromatic rings. The van der Waals surface area contributed by atoms with E-state index in [1.807, 2.05) is 19.9 Å². The number of rotatable bonds is 5. The van der Waals surface area contributed by atoms with E-state index in [2.05, 4.69) is 0 Å². The van der Waals surface area contributed by atoms with E-state index in [0.717, 1.165) is 5.56 Å². The van der Waals surface area contributed by atoms with Crippen molar-refractivity contribution in [1.82, 2.24) is 4.90 Å². The van der Waals surface area contributed by atoms with E-state index in [1.165, 1.54) is 0 Å². The number of halogens is 3. The van der Waals surface area contributed by atoms with Crippen molar-refractivity contribution in [3.63, 3.8) is 0 Å². The van der Waals surface area contributed by atoms with E-state index in [1.54, 1.807) is 24.1 Å². The van der Waals surface area contributed by atoms with Gasteiger partial charge < -0.3 is 14.2 Å². The van der Waals surface area contributed by atoms with Crippen molar-refractivity contribution in [1.29, 1.82) is 0 Å². The van der Waals surface area contributed by atoms with E-state index >= 15 is 0 Å². The zero-order valence-electron chi connectivity index (χ0n) is 13.5. The van der Waals surface area contributed by atoms with Crippen molar-refractivity contribution in [2.75, 3.05) is 26.8 Å². The zero-order valence-corrected chi connectivity index (χ0v) is 13.5. The van der Waals surface area contributed by atoms with E-state index in [4.69, 9.17) is 14.2 Å². The monoisotopic (exact) mass is 333 g/mol. The van der Waals surface area contributed by atoms with Gasteiger partial charge in [-0.3, -0.25) is 4.90 Å². The van der Waals surface area contributed by atoms with Gasteiger partial charge in [0.25, 0.3) is 0 Å². The molecule has 0 aliphatic carbocycles. The lowest BCUT2D eigenvalue weighted by atomic mass is 10.1. The maximum absolute atomic E-state index is 12.8. The highest BCUT2D eigenvalue weighted by atomic mass is 19.4. The molecule has 1 atom stereocenters. The fraction of sp³-hybridized carbons (Fsp3) is 0.625. The highest BCUT2D eigenvalue weighted by Crippen LogP contribution is 2.30. The summed E-state index contributed by atoms with van der Waals surface area (Å²) < 4.78 is 54.0. The third-order valence-electron chi connectivity index (χ3n) is 3.51. The Bertz CT molecular complexity index is 520. The average Bonchev–Trinajstić information content (AvgIpc) is 2.47. The van der Waals surface area contributed by atoms with Gasteiger partial charge in [-0.15, -0.1) is 0 Å². The Morgan fingerprint density at radius 3 is 2.65 bits per heavy atom. The largest absolute Gasteiger partial charge is 0.493 e. The quantitative estimate of drug-likeness (QED) is 0.828. The molecule has 1 aliphatic rings. The fourth-order valence-corrected chi connectivity index (χ4v) is 2.46. The molecule has 0 radical (unpaired) electrons. The van der Waals surface area contributed by atoms with Crippen molar-refractivity contribution in [3.8, 4) is 11.5 Å². The second kappa shape index (κ2) is 7.40. The van der Waals surface area contributed by atoms with Gasteiger partial charge in [-0.25, -0.2) is 0 Å². The van der Waals surface area contributed by atoms with Crippen LogP contribution in [0, 0.1) is 0 Å². The van der Waals surface area contributed by atoms with Gasteiger partial charge in [0.15, 0.2) is 17.6 Å². The van der Waals surface area contributed by atoms with Crippen LogP contribution in [-0.2, 0) is 11.3 Å². The van der Waals surface area contributed by atoms with Gasteiger partial charge in [0, 0.05) is 19.6 Å². The highest BCUT2D eigenvalue weighted by molar-refractivity contribution is 5.43. The number of hydrogen-bond donors (Lipinski definition) is 0. The van der Waals surface area contributed by atoms with Crippen molar-refractivity contribution < 1.29 is 27.4 Å². The van der Waals surface area contributed by atoms with Crippen LogP contribution in [0.2, 0.25) is 0 Å². The Kier molecular flexibility index (Phi) is 5.75. The van der Waals surface area contributed by atoms with Crippen LogP contribution >= 0.6 is 0 Å². The molecular weight excluding hydrogens is 311 g/mol. The summed E-state index contributed by atoms with van der Waals surface area (Å²) in [5, 5.41) is 0. The topological polar surface area (TPSA) is 30.9 Å². The normalized spacial score (nSPS) is 19.9. The van der Waals surface area contributed by atoms with Crippen molar-refractivity contribution in [2.45, 2.75) is 38.8 Å². The van der Waals surface area contributed by atoms with Gasteiger partial charge in [-0.2, -0.15) is 13.2 Å². The van der Waals surface area contributed by atoms with Crippen LogP contribution in [0.1, 0.15) is 19.4 Å². The molecule has 0 spiro atoms. The Morgan fingerprint density at radius 1 is 1.30 bits per heavy atom. The SMILES string of the molecule is COc1cc(CN2CCOC(C(F)(F)F)C2)ccc1OC(C)C. The molecule has 0 aromatic heterocycles. The number of nitrogens with zero attached hydrogens (tertiary/aromatic N) is 1. The molecule has 0 bridgehead atoms. The predicted octanol–water partition coefficient (Wildman–Crippen LogP) is 3.25. The summed E-state index contributed by atoms with van der Waals surface area (Å²) in [5.74, 6) is 1.21. The fourth-order valence-electron chi connectivity index (χ4n) is 2.46. The van der Waals surface area contributed by atoms with E-state index < -0.39 is 12.3 Å². The molecule has 23 heavy (non-hydrogen) atoms. The minimum Gasteiger partial charge on any atom is -0.493 e. The third kappa shape index (κ3) is 5.00. The lowest BCUT2D eigenvalue weighted by molar-refractivity contribution is -0.237. The van der Waals surface area contributed by atoms with Crippen molar-refractivity contribution in [3.05, 3.63) is 23.8 Å². The minimum absolute atomic E-state index is 0.0153. The van der Waals surface area contributed by atoms with E-state index in [9.17, 15) is 13.2 Å². The van der Waals surface area contributed by atoms with Gasteiger partial charge in [-0.05, 0) is 31.5 Å². The number of hydrogen-bond acceptors (Lipinski definition) is 4. The summed E-state index contributed by atoms with van der Waals surface area (Å²) in [5.41, 5.74) is 0.876. The number of benzene rings is 1. The predicted molar refractivity (Wildman–Crippen MR) is 79.8 cm³/mol. The van der Waals surface area contributed by atoms with Gasteiger partial charge in [-0.1, -0.05) is 6.07 Å². The molecule has 7 heteroatoms. The number of ether oxygens (including phenoxy) is 3. The molecule has 1 aromatic carbocycles. The molecule has 0 N–H and O–H groups in total. The van der Waals surface area contributed by atoms with Gasteiger partial charge in [0.2, 0.25) is 0 Å². The van der Waals surface area contributed by atoms with Crippen LogP contribution in [0.3, 0.4) is 0 Å². The number of morpholine rings is 1. The summed E-state index contributed by atoms with van der Waals surface area (Å²) in [7, 11) is 1.54. The second-order valence-electron chi connectivity index (χ2n) is 5.79. The third-order valence-corrected chi connectivity index (χ3v) is 3.51. The summed E-state index contributed by atoms with van der Waals surface area (Å²) in [6, 6.07) is 5.43. The molecule has 1 heterocycles. The summed E-state index contributed by atoms with van der Waals surface area (Å²) in [6.45, 7) is 4.63. The van der Waals surface area contributed by atoms with Gasteiger partial charge in [0.1, 0.15) is 0 Å². The van der Waals surface area contributed by atoms with Crippen LogP contribution in [0.5, 0.6) is 11.5 Å². The number of methoxy groups -OCH3 is 1. The zero-order chi connectivity index (χ0) is 17.0. The molecule has 1 saturated heterocycles. The van der Waals surface area contributed by atoms with Crippen molar-refractivity contribution in [2.24, 2.45) is 0 Å². The molecular formula is C16H22F3NO3. The molecule has 130 valence electrons. The minimum atomic E-state index is -4.33. The van der Waals surface area contributed by atoms with Crippen LogP contribution in [0.15, 0.2) is 18.2 Å². The van der Waals surface area contributed by atoms with Crippen LogP contribution in [-0.4, -0.2) is 50.1 Å². The first-order valence-corrected chi connectivity index (χ1v) is 7.54. The van der Waals surface area contributed by atoms with Gasteiger partial charge >= 0.3 is 6.18 Å². The second-order valence-corrected chi connectivity index (χ2v) is 5.79. The molecule has 1 unspecified atom stereocenters. The Balaban J connectivity index is 2.05. The lowest BCUT2D eigenvalue weighted by Gasteiger charge is -2.33. The Morgan fingerprint density at radius 2 is 2.04 bits per heavy atom. The highest BCUT2D eigenvalue weighted by Gasteiger charge is 2.43. The first-order chi connectivity index (χ1) is 10.8. The van der Waals surface area contributed by atoms with Crippen molar-refractivity contribution >= 4 is 0 Å². The molecule has 0 amide bonds. The maximum atomic E-state index is 12.8. The smallest absolute Gasteiger partial charge is 0.415 e. The first-order valence-electron chi connectivity index (χ1n) is 7.54. The molecule has 1 aliphatic heterocycles. The molecule has 1 fully saturated rings. The van der Waals surface area contributed by atoms with E-state index in [-0.39, 0.29) is 19.3 Å². The Hall–Kier alpha value is -1.47. The maximum Gasteiger partial charge on any atom is 0.415 e. The lowest BCUT2D eigenvalue weighted by Crippen LogP contribution is -2.48. The first kappa shape index (κ1) is 17.9. The summed E-state index contributed by atoms with van der Waals surface area (Å²) in [6.07, 6.45) is -6.03. The average molecular weight is 333 g/mol. The molecule has 2 rings (SSSR count). The Labute approximate surface area is 134 Å². The molecule has 4 nitrogen and oxygen atoms in total. The standard InChI is InChI=1S/C16H22F3NO3/c1-11(2)23-13-5-4-12(8-14(13)21-3)9-20-6-7-22-15(10-20)16(17,18)19/h4-5,8,11,15H,6-7,9-10H2,1-3H3.